The number of carbonyl (C=O) groups is 2. The normalized spacial score (nSPS) is 39.1. The first-order valence-electron chi connectivity index (χ1n) is 14.9. The van der Waals surface area contributed by atoms with Crippen LogP contribution in [0.5, 0.6) is 0 Å². The SMILES string of the molecule is CN[C@@H]1[C@@H](O)[C@@H](O[C@@H]2[C@@H](O)[C@H](O[C@H]3OC(CNC[C@H](O)C(=O)O)=CC[C@H]3N)[C@@H](N)C[C@H]2NC(=O)[C@@H](O)CCN)CC[C@]1(C)O. The zero-order valence-corrected chi connectivity index (χ0v) is 25.1. The van der Waals surface area contributed by atoms with Crippen molar-refractivity contribution in [3.8, 4) is 0 Å². The average Bonchev–Trinajstić information content (AvgIpc) is 2.95. The second kappa shape index (κ2) is 16.0. The molecule has 3 aliphatic rings. The monoisotopic (exact) mass is 634 g/mol. The van der Waals surface area contributed by atoms with Gasteiger partial charge in [0.1, 0.15) is 30.2 Å². The van der Waals surface area contributed by atoms with Gasteiger partial charge in [-0.2, -0.15) is 0 Å². The molecule has 44 heavy (non-hydrogen) atoms. The van der Waals surface area contributed by atoms with Crippen molar-refractivity contribution in [2.24, 2.45) is 17.2 Å². The smallest absolute Gasteiger partial charge is 0.333 e. The number of carboxylic acid groups (broad SMARTS) is 1. The van der Waals surface area contributed by atoms with Gasteiger partial charge in [-0.25, -0.2) is 4.79 Å². The van der Waals surface area contributed by atoms with E-state index in [9.17, 15) is 35.1 Å². The summed E-state index contributed by atoms with van der Waals surface area (Å²) in [5, 5.41) is 70.3. The van der Waals surface area contributed by atoms with Gasteiger partial charge in [0.05, 0.1) is 42.5 Å². The second-order valence-electron chi connectivity index (χ2n) is 12.0. The van der Waals surface area contributed by atoms with Crippen LogP contribution >= 0.6 is 0 Å². The van der Waals surface area contributed by atoms with Crippen molar-refractivity contribution in [1.82, 2.24) is 16.0 Å². The molecule has 13 atom stereocenters. The summed E-state index contributed by atoms with van der Waals surface area (Å²) in [4.78, 5) is 23.6. The fourth-order valence-corrected chi connectivity index (χ4v) is 5.96. The molecule has 15 N–H and O–H groups in total. The first-order valence-corrected chi connectivity index (χ1v) is 14.9. The minimum atomic E-state index is -1.59. The van der Waals surface area contributed by atoms with E-state index in [0.29, 0.717) is 12.2 Å². The van der Waals surface area contributed by atoms with Crippen molar-refractivity contribution in [2.45, 2.75) is 118 Å². The third-order valence-corrected chi connectivity index (χ3v) is 8.51. The van der Waals surface area contributed by atoms with E-state index in [1.165, 1.54) is 0 Å². The van der Waals surface area contributed by atoms with E-state index in [1.54, 1.807) is 20.0 Å². The maximum absolute atomic E-state index is 12.7. The van der Waals surface area contributed by atoms with E-state index >= 15 is 0 Å². The number of amides is 1. The molecule has 2 aliphatic carbocycles. The van der Waals surface area contributed by atoms with Gasteiger partial charge in [0.2, 0.25) is 12.2 Å². The van der Waals surface area contributed by atoms with Crippen LogP contribution in [0.3, 0.4) is 0 Å². The van der Waals surface area contributed by atoms with Crippen LogP contribution in [0.25, 0.3) is 0 Å². The van der Waals surface area contributed by atoms with E-state index < -0.39 is 90.7 Å². The molecule has 1 aliphatic heterocycles. The first kappa shape index (κ1) is 36.5. The second-order valence-corrected chi connectivity index (χ2v) is 12.0. The lowest BCUT2D eigenvalue weighted by molar-refractivity contribution is -0.240. The number of aliphatic hydroxyl groups excluding tert-OH is 4. The van der Waals surface area contributed by atoms with Crippen LogP contribution in [0.1, 0.15) is 39.0 Å². The Labute approximate surface area is 256 Å². The van der Waals surface area contributed by atoms with Gasteiger partial charge in [0.25, 0.3) is 0 Å². The van der Waals surface area contributed by atoms with Crippen molar-refractivity contribution in [3.05, 3.63) is 11.8 Å². The van der Waals surface area contributed by atoms with Gasteiger partial charge in [-0.1, -0.05) is 0 Å². The van der Waals surface area contributed by atoms with E-state index in [0.717, 1.165) is 0 Å². The fourth-order valence-electron chi connectivity index (χ4n) is 5.96. The molecule has 0 spiro atoms. The molecule has 3 rings (SSSR count). The number of rotatable bonds is 14. The van der Waals surface area contributed by atoms with E-state index in [-0.39, 0.29) is 45.3 Å². The summed E-state index contributed by atoms with van der Waals surface area (Å²) in [5.74, 6) is -1.70. The van der Waals surface area contributed by atoms with Crippen LogP contribution in [0.15, 0.2) is 11.8 Å². The number of carboxylic acids is 1. The Morgan fingerprint density at radius 2 is 1.84 bits per heavy atom. The maximum Gasteiger partial charge on any atom is 0.333 e. The number of aliphatic carboxylic acids is 1. The Kier molecular flexibility index (Phi) is 13.3. The molecule has 17 nitrogen and oxygen atoms in total. The highest BCUT2D eigenvalue weighted by molar-refractivity contribution is 5.80. The fraction of sp³-hybridized carbons (Fsp3) is 0.852. The molecule has 1 amide bonds. The number of carbonyl (C=O) groups excluding carboxylic acids is 1. The Balaban J connectivity index is 1.76. The molecule has 0 radical (unpaired) electrons. The summed E-state index contributed by atoms with van der Waals surface area (Å²) in [6.07, 6.45) is -7.12. The number of aliphatic hydroxyl groups is 5. The molecule has 17 heteroatoms. The van der Waals surface area contributed by atoms with Crippen LogP contribution in [0.4, 0.5) is 0 Å². The largest absolute Gasteiger partial charge is 0.479 e. The highest BCUT2D eigenvalue weighted by atomic mass is 16.7. The predicted molar refractivity (Wildman–Crippen MR) is 155 cm³/mol. The maximum atomic E-state index is 12.7. The van der Waals surface area contributed by atoms with Crippen LogP contribution < -0.4 is 33.2 Å². The number of ether oxygens (including phenoxy) is 3. The van der Waals surface area contributed by atoms with Gasteiger partial charge in [-0.15, -0.1) is 0 Å². The quantitative estimate of drug-likeness (QED) is 0.0850. The Morgan fingerprint density at radius 3 is 2.48 bits per heavy atom. The molecule has 0 saturated heterocycles. The minimum absolute atomic E-state index is 0.0155. The van der Waals surface area contributed by atoms with Crippen molar-refractivity contribution in [2.75, 3.05) is 26.7 Å². The topological polar surface area (TPSA) is 297 Å². The van der Waals surface area contributed by atoms with Crippen molar-refractivity contribution < 1.29 is 54.4 Å². The lowest BCUT2D eigenvalue weighted by Gasteiger charge is -2.49. The molecule has 0 aromatic carbocycles. The van der Waals surface area contributed by atoms with Crippen molar-refractivity contribution in [1.29, 1.82) is 0 Å². The molecule has 2 saturated carbocycles. The molecule has 0 aromatic heterocycles. The first-order chi connectivity index (χ1) is 20.7. The van der Waals surface area contributed by atoms with Gasteiger partial charge < -0.3 is 78.0 Å². The zero-order valence-electron chi connectivity index (χ0n) is 25.1. The van der Waals surface area contributed by atoms with Gasteiger partial charge >= 0.3 is 5.97 Å². The average molecular weight is 635 g/mol. The number of nitrogens with one attached hydrogen (secondary N) is 3. The number of hydrogen-bond donors (Lipinski definition) is 12. The van der Waals surface area contributed by atoms with Gasteiger partial charge in [0, 0.05) is 12.6 Å². The molecule has 254 valence electrons. The molecular weight excluding hydrogens is 584 g/mol. The van der Waals surface area contributed by atoms with Crippen LogP contribution in [0.2, 0.25) is 0 Å². The lowest BCUT2D eigenvalue weighted by Crippen LogP contribution is -2.68. The van der Waals surface area contributed by atoms with Crippen LogP contribution in [-0.2, 0) is 23.8 Å². The van der Waals surface area contributed by atoms with Crippen LogP contribution in [0, 0.1) is 0 Å². The van der Waals surface area contributed by atoms with Gasteiger partial charge in [-0.3, -0.25) is 4.79 Å². The summed E-state index contributed by atoms with van der Waals surface area (Å²) >= 11 is 0. The van der Waals surface area contributed by atoms with E-state index in [1.807, 2.05) is 0 Å². The lowest BCUT2D eigenvalue weighted by atomic mass is 9.77. The molecule has 0 unspecified atom stereocenters. The standard InChI is InChI=1S/C27H50N6O11/c1-27(41)7-5-18(19(36)23(27)31-2)43-22-15(33-24(38)16(34)6-8-28)9-14(30)21(20(22)37)44-26-13(29)4-3-12(42-26)10-32-11-17(35)25(39)40/h3,13-23,26,31-32,34-37,41H,4-11,28-30H2,1-2H3,(H,33,38)(H,39,40)/t13-,14+,15-,16+,17+,18+,19+,20+,21-,22+,23-,26-,27+/m1/s1. The van der Waals surface area contributed by atoms with Gasteiger partial charge in [0.15, 0.2) is 6.10 Å². The summed E-state index contributed by atoms with van der Waals surface area (Å²) in [6.45, 7) is 1.54. The zero-order chi connectivity index (χ0) is 32.8. The number of likely N-dealkylation sites (N-methyl/N-ethyl adjacent to an activating group) is 1. The summed E-state index contributed by atoms with van der Waals surface area (Å²) in [6, 6.07) is -3.12. The Morgan fingerprint density at radius 1 is 1.14 bits per heavy atom. The summed E-state index contributed by atoms with van der Waals surface area (Å²) in [7, 11) is 1.60. The highest BCUT2D eigenvalue weighted by Crippen LogP contribution is 2.34. The van der Waals surface area contributed by atoms with E-state index in [4.69, 9.17) is 36.5 Å². The molecule has 1 heterocycles. The van der Waals surface area contributed by atoms with Crippen LogP contribution in [-0.4, -0.2) is 148 Å². The third kappa shape index (κ3) is 9.05. The summed E-state index contributed by atoms with van der Waals surface area (Å²) in [5.41, 5.74) is 16.9. The molecule has 2 fully saturated rings. The van der Waals surface area contributed by atoms with Crippen molar-refractivity contribution >= 4 is 11.9 Å². The Bertz CT molecular complexity index is 990. The van der Waals surface area contributed by atoms with E-state index in [2.05, 4.69) is 16.0 Å². The van der Waals surface area contributed by atoms with Gasteiger partial charge in [-0.05, 0) is 58.7 Å². The molecular formula is C27H50N6O11. The van der Waals surface area contributed by atoms with Crippen molar-refractivity contribution in [3.63, 3.8) is 0 Å². The minimum Gasteiger partial charge on any atom is -0.479 e. The Hall–Kier alpha value is -2.00. The molecule has 0 bridgehead atoms. The number of hydrogen-bond acceptors (Lipinski definition) is 15. The predicted octanol–water partition coefficient (Wildman–Crippen LogP) is -5.10. The molecule has 0 aromatic rings. The third-order valence-electron chi connectivity index (χ3n) is 8.51. The number of nitrogens with two attached hydrogens (primary N) is 3. The highest BCUT2D eigenvalue weighted by Gasteiger charge is 2.51. The summed E-state index contributed by atoms with van der Waals surface area (Å²) < 4.78 is 18.3.